The van der Waals surface area contributed by atoms with Crippen molar-refractivity contribution in [3.63, 3.8) is 0 Å². The lowest BCUT2D eigenvalue weighted by Crippen LogP contribution is -2.14. The fourth-order valence-electron chi connectivity index (χ4n) is 1.99. The third-order valence-electron chi connectivity index (χ3n) is 3.01. The first-order valence-electron chi connectivity index (χ1n) is 6.86. The predicted molar refractivity (Wildman–Crippen MR) is 79.6 cm³/mol. The van der Waals surface area contributed by atoms with Crippen LogP contribution in [0.2, 0.25) is 0 Å². The largest absolute Gasteiger partial charge is 0.493 e. The molecule has 0 unspecified atom stereocenters. The molecule has 1 aromatic heterocycles. The number of benzene rings is 1. The highest BCUT2D eigenvalue weighted by Crippen LogP contribution is 2.31. The van der Waals surface area contributed by atoms with E-state index >= 15 is 0 Å². The van der Waals surface area contributed by atoms with E-state index in [1.807, 2.05) is 30.3 Å². The minimum atomic E-state index is 0.488. The lowest BCUT2D eigenvalue weighted by atomic mass is 10.2. The number of methoxy groups -OCH3 is 2. The maximum Gasteiger partial charge on any atom is 0.165 e. The van der Waals surface area contributed by atoms with Crippen LogP contribution in [0.15, 0.2) is 41.0 Å². The third kappa shape index (κ3) is 4.51. The summed E-state index contributed by atoms with van der Waals surface area (Å²) < 4.78 is 21.4. The molecule has 5 nitrogen and oxygen atoms in total. The van der Waals surface area contributed by atoms with Crippen molar-refractivity contribution in [3.05, 3.63) is 47.9 Å². The Hall–Kier alpha value is -1.98. The van der Waals surface area contributed by atoms with Crippen LogP contribution in [0.5, 0.6) is 11.5 Å². The van der Waals surface area contributed by atoms with Gasteiger partial charge in [0, 0.05) is 19.2 Å². The normalized spacial score (nSPS) is 10.6. The SMILES string of the molecule is COCCOc1c(CNCc2ccco2)cccc1OC. The molecule has 1 N–H and O–H groups in total. The van der Waals surface area contributed by atoms with Crippen LogP contribution in [0, 0.1) is 0 Å². The Kier molecular flexibility index (Phi) is 6.12. The fourth-order valence-corrected chi connectivity index (χ4v) is 1.99. The van der Waals surface area contributed by atoms with Gasteiger partial charge >= 0.3 is 0 Å². The van der Waals surface area contributed by atoms with Crippen molar-refractivity contribution in [1.82, 2.24) is 5.32 Å². The Morgan fingerprint density at radius 1 is 1.05 bits per heavy atom. The Bertz CT molecular complexity index is 525. The predicted octanol–water partition coefficient (Wildman–Crippen LogP) is 2.60. The molecule has 2 aromatic rings. The van der Waals surface area contributed by atoms with Crippen LogP contribution in [0.1, 0.15) is 11.3 Å². The summed E-state index contributed by atoms with van der Waals surface area (Å²) in [7, 11) is 3.29. The zero-order valence-electron chi connectivity index (χ0n) is 12.4. The number of nitrogens with one attached hydrogen (secondary N) is 1. The number of hydrogen-bond donors (Lipinski definition) is 1. The van der Waals surface area contributed by atoms with Gasteiger partial charge in [0.25, 0.3) is 0 Å². The van der Waals surface area contributed by atoms with Crippen LogP contribution in [-0.4, -0.2) is 27.4 Å². The van der Waals surface area contributed by atoms with E-state index in [9.17, 15) is 0 Å². The van der Waals surface area contributed by atoms with Crippen molar-refractivity contribution >= 4 is 0 Å². The molecule has 0 amide bonds. The summed E-state index contributed by atoms with van der Waals surface area (Å²) in [6.45, 7) is 2.36. The van der Waals surface area contributed by atoms with Gasteiger partial charge in [0.15, 0.2) is 11.5 Å². The fraction of sp³-hybridized carbons (Fsp3) is 0.375. The van der Waals surface area contributed by atoms with Gasteiger partial charge in [-0.2, -0.15) is 0 Å². The van der Waals surface area contributed by atoms with Crippen LogP contribution >= 0.6 is 0 Å². The molecular weight excluding hydrogens is 270 g/mol. The van der Waals surface area contributed by atoms with Gasteiger partial charge in [-0.1, -0.05) is 12.1 Å². The molecule has 5 heteroatoms. The second kappa shape index (κ2) is 8.34. The van der Waals surface area contributed by atoms with Crippen molar-refractivity contribution in [2.75, 3.05) is 27.4 Å². The van der Waals surface area contributed by atoms with E-state index in [2.05, 4.69) is 5.32 Å². The Morgan fingerprint density at radius 2 is 1.95 bits per heavy atom. The summed E-state index contributed by atoms with van der Waals surface area (Å²) in [5.74, 6) is 2.38. The number of ether oxygens (including phenoxy) is 3. The molecule has 0 aliphatic carbocycles. The highest BCUT2D eigenvalue weighted by atomic mass is 16.5. The van der Waals surface area contributed by atoms with Crippen molar-refractivity contribution in [3.8, 4) is 11.5 Å². The van der Waals surface area contributed by atoms with Gasteiger partial charge in [0.2, 0.25) is 0 Å². The Balaban J connectivity index is 1.99. The second-order valence-corrected chi connectivity index (χ2v) is 4.47. The van der Waals surface area contributed by atoms with E-state index in [1.54, 1.807) is 20.5 Å². The van der Waals surface area contributed by atoms with Gasteiger partial charge in [-0.3, -0.25) is 0 Å². The van der Waals surface area contributed by atoms with Gasteiger partial charge in [-0.05, 0) is 18.2 Å². The summed E-state index contributed by atoms with van der Waals surface area (Å²) in [4.78, 5) is 0. The molecule has 0 fully saturated rings. The number of furan rings is 1. The molecular formula is C16H21NO4. The van der Waals surface area contributed by atoms with Crippen molar-refractivity contribution < 1.29 is 18.6 Å². The maximum absolute atomic E-state index is 5.77. The average Bonchev–Trinajstić information content (AvgIpc) is 3.02. The molecule has 21 heavy (non-hydrogen) atoms. The van der Waals surface area contributed by atoms with Crippen molar-refractivity contribution in [2.24, 2.45) is 0 Å². The lowest BCUT2D eigenvalue weighted by molar-refractivity contribution is 0.143. The highest BCUT2D eigenvalue weighted by molar-refractivity contribution is 5.46. The second-order valence-electron chi connectivity index (χ2n) is 4.47. The average molecular weight is 291 g/mol. The van der Waals surface area contributed by atoms with Gasteiger partial charge in [-0.25, -0.2) is 0 Å². The Labute approximate surface area is 124 Å². The molecule has 0 bridgehead atoms. The zero-order valence-corrected chi connectivity index (χ0v) is 12.4. The smallest absolute Gasteiger partial charge is 0.165 e. The summed E-state index contributed by atoms with van der Waals surface area (Å²) >= 11 is 0. The van der Waals surface area contributed by atoms with E-state index in [4.69, 9.17) is 18.6 Å². The van der Waals surface area contributed by atoms with E-state index in [0.29, 0.717) is 26.3 Å². The standard InChI is InChI=1S/C16H21NO4/c1-18-9-10-21-16-13(5-3-7-15(16)19-2)11-17-12-14-6-4-8-20-14/h3-8,17H,9-12H2,1-2H3. The van der Waals surface area contributed by atoms with E-state index in [-0.39, 0.29) is 0 Å². The topological polar surface area (TPSA) is 52.9 Å². The van der Waals surface area contributed by atoms with Gasteiger partial charge in [0.1, 0.15) is 12.4 Å². The van der Waals surface area contributed by atoms with Crippen LogP contribution < -0.4 is 14.8 Å². The van der Waals surface area contributed by atoms with E-state index in [1.165, 1.54) is 0 Å². The molecule has 0 atom stereocenters. The maximum atomic E-state index is 5.77. The summed E-state index contributed by atoms with van der Waals surface area (Å²) in [6, 6.07) is 9.67. The molecule has 1 heterocycles. The molecule has 0 spiro atoms. The Morgan fingerprint density at radius 3 is 2.67 bits per heavy atom. The van der Waals surface area contributed by atoms with E-state index < -0.39 is 0 Å². The summed E-state index contributed by atoms with van der Waals surface area (Å²) in [6.07, 6.45) is 1.67. The number of hydrogen-bond acceptors (Lipinski definition) is 5. The highest BCUT2D eigenvalue weighted by Gasteiger charge is 2.10. The van der Waals surface area contributed by atoms with Gasteiger partial charge < -0.3 is 23.9 Å². The molecule has 2 rings (SSSR count). The number of rotatable bonds is 9. The first-order chi connectivity index (χ1) is 10.3. The van der Waals surface area contributed by atoms with Crippen LogP contribution in [-0.2, 0) is 17.8 Å². The molecule has 0 saturated carbocycles. The molecule has 0 aliphatic rings. The number of para-hydroxylation sites is 1. The third-order valence-corrected chi connectivity index (χ3v) is 3.01. The molecule has 0 aliphatic heterocycles. The van der Waals surface area contributed by atoms with Crippen LogP contribution in [0.3, 0.4) is 0 Å². The van der Waals surface area contributed by atoms with Gasteiger partial charge in [-0.15, -0.1) is 0 Å². The summed E-state index contributed by atoms with van der Waals surface area (Å²) in [5, 5.41) is 3.33. The molecule has 0 saturated heterocycles. The summed E-state index contributed by atoms with van der Waals surface area (Å²) in [5.41, 5.74) is 1.04. The first-order valence-corrected chi connectivity index (χ1v) is 6.86. The monoisotopic (exact) mass is 291 g/mol. The van der Waals surface area contributed by atoms with E-state index in [0.717, 1.165) is 22.8 Å². The van der Waals surface area contributed by atoms with Gasteiger partial charge in [0.05, 0.1) is 26.5 Å². The van der Waals surface area contributed by atoms with Crippen LogP contribution in [0.4, 0.5) is 0 Å². The minimum absolute atomic E-state index is 0.488. The zero-order chi connectivity index (χ0) is 14.9. The van der Waals surface area contributed by atoms with Crippen LogP contribution in [0.25, 0.3) is 0 Å². The molecule has 1 aromatic carbocycles. The minimum Gasteiger partial charge on any atom is -0.493 e. The van der Waals surface area contributed by atoms with Crippen molar-refractivity contribution in [2.45, 2.75) is 13.1 Å². The quantitative estimate of drug-likeness (QED) is 0.720. The molecule has 114 valence electrons. The lowest BCUT2D eigenvalue weighted by Gasteiger charge is -2.15. The molecule has 0 radical (unpaired) electrons. The first kappa shape index (κ1) is 15.4. The van der Waals surface area contributed by atoms with Crippen molar-refractivity contribution in [1.29, 1.82) is 0 Å².